The third kappa shape index (κ3) is 7.06. The van der Waals surface area contributed by atoms with Gasteiger partial charge in [-0.05, 0) is 60.2 Å². The molecule has 0 radical (unpaired) electrons. The molecule has 1 amide bonds. The summed E-state index contributed by atoms with van der Waals surface area (Å²) in [5, 5.41) is 21.1. The molecule has 0 spiro atoms. The molecule has 3 rings (SSSR count). The molecule has 0 saturated carbocycles. The van der Waals surface area contributed by atoms with Crippen LogP contribution in [-0.2, 0) is 11.2 Å². The molecule has 0 bridgehead atoms. The van der Waals surface area contributed by atoms with E-state index in [0.29, 0.717) is 41.3 Å². The molecule has 0 saturated heterocycles. The average molecular weight is 507 g/mol. The van der Waals surface area contributed by atoms with Crippen molar-refractivity contribution < 1.29 is 19.0 Å². The molecule has 1 N–H and O–H groups in total. The van der Waals surface area contributed by atoms with Crippen molar-refractivity contribution in [2.24, 2.45) is 0 Å². The van der Waals surface area contributed by atoms with Gasteiger partial charge in [-0.1, -0.05) is 50.3 Å². The molecule has 0 atom stereocenters. The summed E-state index contributed by atoms with van der Waals surface area (Å²) in [6, 6.07) is 13.3. The zero-order valence-corrected chi connectivity index (χ0v) is 21.9. The molecule has 0 aliphatic rings. The maximum atomic E-state index is 12.5. The van der Waals surface area contributed by atoms with Crippen molar-refractivity contribution in [1.82, 2.24) is 10.2 Å². The van der Waals surface area contributed by atoms with Crippen molar-refractivity contribution in [2.75, 3.05) is 25.6 Å². The van der Waals surface area contributed by atoms with Crippen molar-refractivity contribution in [3.63, 3.8) is 0 Å². The van der Waals surface area contributed by atoms with Gasteiger partial charge in [-0.25, -0.2) is 0 Å². The molecule has 0 fully saturated rings. The van der Waals surface area contributed by atoms with Crippen LogP contribution in [0.15, 0.2) is 42.0 Å². The molecule has 36 heavy (non-hydrogen) atoms. The van der Waals surface area contributed by atoms with Crippen LogP contribution in [0.25, 0.3) is 6.08 Å². The quantitative estimate of drug-likeness (QED) is 0.207. The number of nitrogens with one attached hydrogen (secondary N) is 1. The number of hydrogen-bond donors (Lipinski definition) is 1. The molecule has 9 heteroatoms. The highest BCUT2D eigenvalue weighted by Gasteiger charge is 2.14. The van der Waals surface area contributed by atoms with Crippen LogP contribution < -0.4 is 19.5 Å². The lowest BCUT2D eigenvalue weighted by Crippen LogP contribution is -2.13. The summed E-state index contributed by atoms with van der Waals surface area (Å²) in [7, 11) is 1.53. The Morgan fingerprint density at radius 3 is 2.50 bits per heavy atom. The van der Waals surface area contributed by atoms with Crippen LogP contribution >= 0.6 is 11.3 Å². The molecule has 0 unspecified atom stereocenters. The third-order valence-electron chi connectivity index (χ3n) is 5.24. The molecule has 2 aromatic carbocycles. The maximum absolute atomic E-state index is 12.5. The van der Waals surface area contributed by atoms with Gasteiger partial charge in [0, 0.05) is 0 Å². The second-order valence-corrected chi connectivity index (χ2v) is 9.34. The van der Waals surface area contributed by atoms with E-state index in [0.717, 1.165) is 28.3 Å². The maximum Gasteiger partial charge on any atom is 0.268 e. The minimum Gasteiger partial charge on any atom is -0.493 e. The minimum atomic E-state index is -0.551. The number of nitriles is 1. The van der Waals surface area contributed by atoms with E-state index in [1.54, 1.807) is 18.2 Å². The lowest BCUT2D eigenvalue weighted by molar-refractivity contribution is -0.112. The van der Waals surface area contributed by atoms with E-state index in [2.05, 4.69) is 41.5 Å². The van der Waals surface area contributed by atoms with Crippen molar-refractivity contribution in [3.05, 3.63) is 63.7 Å². The lowest BCUT2D eigenvalue weighted by atomic mass is 10.0. The SMILES string of the molecule is CCc1nnc(NC(=O)C(C#N)=Cc2ccc(OCCOc3cc(C)ccc3C(C)C)c(OC)c2)s1. The van der Waals surface area contributed by atoms with Crippen molar-refractivity contribution in [1.29, 1.82) is 5.26 Å². The molecule has 3 aromatic rings. The number of carbonyl (C=O) groups is 1. The van der Waals surface area contributed by atoms with Gasteiger partial charge < -0.3 is 14.2 Å². The first kappa shape index (κ1) is 26.7. The first-order valence-electron chi connectivity index (χ1n) is 11.6. The number of hydrogen-bond acceptors (Lipinski definition) is 8. The number of rotatable bonds is 11. The smallest absolute Gasteiger partial charge is 0.268 e. The monoisotopic (exact) mass is 506 g/mol. The van der Waals surface area contributed by atoms with E-state index < -0.39 is 5.91 Å². The Bertz CT molecular complexity index is 1280. The summed E-state index contributed by atoms with van der Waals surface area (Å²) in [6.07, 6.45) is 2.21. The van der Waals surface area contributed by atoms with E-state index in [9.17, 15) is 10.1 Å². The summed E-state index contributed by atoms with van der Waals surface area (Å²) < 4.78 is 17.3. The number of aromatic nitrogens is 2. The molecular formula is C27H30N4O4S. The number of benzene rings is 2. The van der Waals surface area contributed by atoms with Crippen molar-refractivity contribution in [3.8, 4) is 23.3 Å². The number of anilines is 1. The number of methoxy groups -OCH3 is 1. The minimum absolute atomic E-state index is 0.0634. The Kier molecular flexibility index (Phi) is 9.42. The van der Waals surface area contributed by atoms with Crippen LogP contribution in [0.5, 0.6) is 17.2 Å². The van der Waals surface area contributed by atoms with Gasteiger partial charge in [-0.2, -0.15) is 5.26 Å². The van der Waals surface area contributed by atoms with Crippen molar-refractivity contribution >= 4 is 28.5 Å². The van der Waals surface area contributed by atoms with Crippen LogP contribution in [0.4, 0.5) is 5.13 Å². The fourth-order valence-electron chi connectivity index (χ4n) is 3.37. The number of carbonyl (C=O) groups excluding carboxylic acids is 1. The fourth-order valence-corrected chi connectivity index (χ4v) is 4.04. The number of nitrogens with zero attached hydrogens (tertiary/aromatic N) is 3. The van der Waals surface area contributed by atoms with Gasteiger partial charge >= 0.3 is 0 Å². The molecule has 8 nitrogen and oxygen atoms in total. The van der Waals surface area contributed by atoms with E-state index in [1.165, 1.54) is 24.5 Å². The van der Waals surface area contributed by atoms with Gasteiger partial charge in [-0.15, -0.1) is 10.2 Å². The normalized spacial score (nSPS) is 11.2. The number of aryl methyl sites for hydroxylation is 2. The summed E-state index contributed by atoms with van der Waals surface area (Å²) in [6.45, 7) is 8.95. The Labute approximate surface area is 215 Å². The van der Waals surface area contributed by atoms with Crippen LogP contribution in [0, 0.1) is 18.3 Å². The standard InChI is InChI=1S/C27H30N4O4S/c1-6-25-30-31-27(36-25)29-26(32)20(16-28)14-19-8-10-22(24(15-19)33-5)34-11-12-35-23-13-18(4)7-9-21(23)17(2)3/h7-10,13-15,17H,6,11-12H2,1-5H3,(H,29,31,32). The molecular weight excluding hydrogens is 476 g/mol. The van der Waals surface area contributed by atoms with Crippen LogP contribution in [0.1, 0.15) is 48.4 Å². The number of amides is 1. The summed E-state index contributed by atoms with van der Waals surface area (Å²) in [5.41, 5.74) is 2.85. The largest absolute Gasteiger partial charge is 0.493 e. The zero-order valence-electron chi connectivity index (χ0n) is 21.1. The Morgan fingerprint density at radius 1 is 1.11 bits per heavy atom. The highest BCUT2D eigenvalue weighted by molar-refractivity contribution is 7.15. The van der Waals surface area contributed by atoms with E-state index in [-0.39, 0.29) is 5.57 Å². The molecule has 188 valence electrons. The van der Waals surface area contributed by atoms with Gasteiger partial charge in [0.1, 0.15) is 35.6 Å². The summed E-state index contributed by atoms with van der Waals surface area (Å²) in [5.74, 6) is 1.69. The summed E-state index contributed by atoms with van der Waals surface area (Å²) >= 11 is 1.28. The lowest BCUT2D eigenvalue weighted by Gasteiger charge is -2.16. The summed E-state index contributed by atoms with van der Waals surface area (Å²) in [4.78, 5) is 12.5. The highest BCUT2D eigenvalue weighted by atomic mass is 32.1. The molecule has 1 aromatic heterocycles. The molecule has 1 heterocycles. The Hall–Kier alpha value is -3.90. The Morgan fingerprint density at radius 2 is 1.86 bits per heavy atom. The van der Waals surface area contributed by atoms with Gasteiger partial charge in [0.05, 0.1) is 7.11 Å². The topological polar surface area (TPSA) is 106 Å². The van der Waals surface area contributed by atoms with Gasteiger partial charge in [0.15, 0.2) is 11.5 Å². The Balaban J connectivity index is 1.64. The number of ether oxygens (including phenoxy) is 3. The second kappa shape index (κ2) is 12.7. The van der Waals surface area contributed by atoms with Crippen LogP contribution in [-0.4, -0.2) is 36.4 Å². The van der Waals surface area contributed by atoms with Gasteiger partial charge in [-0.3, -0.25) is 10.1 Å². The first-order chi connectivity index (χ1) is 17.3. The van der Waals surface area contributed by atoms with Crippen molar-refractivity contribution in [2.45, 2.75) is 40.0 Å². The first-order valence-corrected chi connectivity index (χ1v) is 12.5. The van der Waals surface area contributed by atoms with E-state index in [4.69, 9.17) is 14.2 Å². The zero-order chi connectivity index (χ0) is 26.1. The molecule has 0 aliphatic carbocycles. The average Bonchev–Trinajstić information content (AvgIpc) is 3.32. The van der Waals surface area contributed by atoms with Gasteiger partial charge in [0.2, 0.25) is 5.13 Å². The van der Waals surface area contributed by atoms with E-state index >= 15 is 0 Å². The van der Waals surface area contributed by atoms with E-state index in [1.807, 2.05) is 26.0 Å². The van der Waals surface area contributed by atoms with Crippen LogP contribution in [0.3, 0.4) is 0 Å². The van der Waals surface area contributed by atoms with Gasteiger partial charge in [0.25, 0.3) is 5.91 Å². The molecule has 0 aliphatic heterocycles. The predicted octanol–water partition coefficient (Wildman–Crippen LogP) is 5.54. The third-order valence-corrected chi connectivity index (χ3v) is 6.23. The highest BCUT2D eigenvalue weighted by Crippen LogP contribution is 2.30. The fraction of sp³-hybridized carbons (Fsp3) is 0.333. The predicted molar refractivity (Wildman–Crippen MR) is 141 cm³/mol. The second-order valence-electron chi connectivity index (χ2n) is 8.28. The van der Waals surface area contributed by atoms with Crippen LogP contribution in [0.2, 0.25) is 0 Å².